The van der Waals surface area contributed by atoms with Crippen LogP contribution in [0.5, 0.6) is 0 Å². The minimum atomic E-state index is -2.53. The molecule has 0 amide bonds. The molecule has 2 aromatic rings. The summed E-state index contributed by atoms with van der Waals surface area (Å²) in [7, 11) is 2.12. The molecule has 9 heteroatoms. The van der Waals surface area contributed by atoms with Crippen LogP contribution in [0.4, 0.5) is 20.4 Å². The van der Waals surface area contributed by atoms with E-state index in [-0.39, 0.29) is 18.9 Å². The van der Waals surface area contributed by atoms with Gasteiger partial charge in [0, 0.05) is 62.2 Å². The number of hydrogen-bond donors (Lipinski definition) is 1. The lowest BCUT2D eigenvalue weighted by Crippen LogP contribution is -2.45. The van der Waals surface area contributed by atoms with Gasteiger partial charge in [0.1, 0.15) is 11.6 Å². The molecule has 0 radical (unpaired) electrons. The number of piperazine rings is 1. The molecular formula is C19H26F2N6S. The maximum Gasteiger partial charge on any atom is 0.248 e. The standard InChI is InChI=1S/C19H26F2N6S/c1-13-12-28-18(22-13)17-24-15(23-14-3-5-19(20,21)6-4-14)11-16(25-17)27-9-7-26(2)8-10-27/h11-12,14H,3-10H2,1-2H3,(H,23,24,25). The first-order valence-electron chi connectivity index (χ1n) is 9.77. The van der Waals surface area contributed by atoms with Crippen molar-refractivity contribution in [3.8, 4) is 10.8 Å². The highest BCUT2D eigenvalue weighted by atomic mass is 32.1. The highest BCUT2D eigenvalue weighted by molar-refractivity contribution is 7.13. The highest BCUT2D eigenvalue weighted by Gasteiger charge is 2.35. The second kappa shape index (κ2) is 7.87. The van der Waals surface area contributed by atoms with Gasteiger partial charge in [-0.05, 0) is 26.8 Å². The number of halogens is 2. The SMILES string of the molecule is Cc1csc(-c2nc(NC3CCC(F)(F)CC3)cc(N3CCN(C)CC3)n2)n1. The molecule has 2 aliphatic rings. The first-order valence-corrected chi connectivity index (χ1v) is 10.7. The summed E-state index contributed by atoms with van der Waals surface area (Å²) in [6.07, 6.45) is 0.762. The van der Waals surface area contributed by atoms with E-state index in [0.29, 0.717) is 24.5 Å². The molecule has 28 heavy (non-hydrogen) atoms. The molecule has 152 valence electrons. The number of likely N-dealkylation sites (N-methyl/N-ethyl adjacent to an activating group) is 1. The van der Waals surface area contributed by atoms with Gasteiger partial charge >= 0.3 is 0 Å². The number of alkyl halides is 2. The molecule has 3 heterocycles. The second-order valence-electron chi connectivity index (χ2n) is 7.79. The topological polar surface area (TPSA) is 57.2 Å². The number of aromatic nitrogens is 3. The zero-order chi connectivity index (χ0) is 19.7. The predicted octanol–water partition coefficient (Wildman–Crippen LogP) is 3.65. The van der Waals surface area contributed by atoms with E-state index in [1.807, 2.05) is 18.4 Å². The maximum absolute atomic E-state index is 13.5. The third kappa shape index (κ3) is 4.57. The lowest BCUT2D eigenvalue weighted by Gasteiger charge is -2.33. The average Bonchev–Trinajstić information content (AvgIpc) is 3.10. The van der Waals surface area contributed by atoms with Crippen molar-refractivity contribution >= 4 is 23.0 Å². The van der Waals surface area contributed by atoms with E-state index in [2.05, 4.69) is 32.1 Å². The number of thiazole rings is 1. The van der Waals surface area contributed by atoms with Gasteiger partial charge in [-0.15, -0.1) is 11.3 Å². The third-order valence-electron chi connectivity index (χ3n) is 5.42. The molecule has 2 fully saturated rings. The molecule has 4 rings (SSSR count). The van der Waals surface area contributed by atoms with Crippen LogP contribution in [-0.2, 0) is 0 Å². The van der Waals surface area contributed by atoms with Crippen molar-refractivity contribution in [2.45, 2.75) is 44.6 Å². The van der Waals surface area contributed by atoms with Crippen LogP contribution in [0, 0.1) is 6.92 Å². The summed E-state index contributed by atoms with van der Waals surface area (Å²) in [5.41, 5.74) is 0.942. The minimum Gasteiger partial charge on any atom is -0.367 e. The van der Waals surface area contributed by atoms with Crippen LogP contribution in [0.25, 0.3) is 10.8 Å². The summed E-state index contributed by atoms with van der Waals surface area (Å²) in [5, 5.41) is 6.15. The molecular weight excluding hydrogens is 382 g/mol. The van der Waals surface area contributed by atoms with Crippen LogP contribution in [0.2, 0.25) is 0 Å². The van der Waals surface area contributed by atoms with Crippen molar-refractivity contribution < 1.29 is 8.78 Å². The fraction of sp³-hybridized carbons (Fsp3) is 0.632. The van der Waals surface area contributed by atoms with E-state index in [4.69, 9.17) is 4.98 Å². The number of hydrogen-bond acceptors (Lipinski definition) is 7. The average molecular weight is 409 g/mol. The van der Waals surface area contributed by atoms with Crippen LogP contribution in [0.15, 0.2) is 11.4 Å². The number of nitrogens with one attached hydrogen (secondary N) is 1. The van der Waals surface area contributed by atoms with Gasteiger partial charge in [-0.2, -0.15) is 0 Å². The fourth-order valence-corrected chi connectivity index (χ4v) is 4.38. The smallest absolute Gasteiger partial charge is 0.248 e. The molecule has 0 spiro atoms. The van der Waals surface area contributed by atoms with Crippen molar-refractivity contribution in [3.63, 3.8) is 0 Å². The molecule has 0 atom stereocenters. The first-order chi connectivity index (χ1) is 13.4. The van der Waals surface area contributed by atoms with Crippen molar-refractivity contribution in [1.82, 2.24) is 19.9 Å². The van der Waals surface area contributed by atoms with Crippen molar-refractivity contribution in [1.29, 1.82) is 0 Å². The van der Waals surface area contributed by atoms with Crippen LogP contribution in [0.1, 0.15) is 31.4 Å². The Balaban J connectivity index is 1.58. The Kier molecular flexibility index (Phi) is 5.46. The number of aryl methyl sites for hydroxylation is 1. The van der Waals surface area contributed by atoms with E-state index < -0.39 is 5.92 Å². The summed E-state index contributed by atoms with van der Waals surface area (Å²) in [6, 6.07) is 1.96. The summed E-state index contributed by atoms with van der Waals surface area (Å²) < 4.78 is 26.9. The van der Waals surface area contributed by atoms with E-state index in [9.17, 15) is 8.78 Å². The van der Waals surface area contributed by atoms with Gasteiger partial charge in [0.05, 0.1) is 0 Å². The van der Waals surface area contributed by atoms with Gasteiger partial charge in [0.25, 0.3) is 0 Å². The molecule has 1 aliphatic heterocycles. The van der Waals surface area contributed by atoms with Gasteiger partial charge in [-0.1, -0.05) is 0 Å². The van der Waals surface area contributed by atoms with Crippen LogP contribution in [-0.4, -0.2) is 65.0 Å². The zero-order valence-electron chi connectivity index (χ0n) is 16.3. The monoisotopic (exact) mass is 408 g/mol. The van der Waals surface area contributed by atoms with Gasteiger partial charge in [-0.25, -0.2) is 23.7 Å². The lowest BCUT2D eigenvalue weighted by molar-refractivity contribution is -0.0361. The van der Waals surface area contributed by atoms with Crippen LogP contribution in [0.3, 0.4) is 0 Å². The van der Waals surface area contributed by atoms with E-state index in [1.54, 1.807) is 0 Å². The van der Waals surface area contributed by atoms with Crippen molar-refractivity contribution in [2.75, 3.05) is 43.4 Å². The van der Waals surface area contributed by atoms with Crippen LogP contribution >= 0.6 is 11.3 Å². The quantitative estimate of drug-likeness (QED) is 0.833. The summed E-state index contributed by atoms with van der Waals surface area (Å²) >= 11 is 1.52. The molecule has 6 nitrogen and oxygen atoms in total. The summed E-state index contributed by atoms with van der Waals surface area (Å²) in [5.74, 6) is -0.368. The Morgan fingerprint density at radius 3 is 2.46 bits per heavy atom. The number of anilines is 2. The minimum absolute atomic E-state index is 0.0146. The van der Waals surface area contributed by atoms with Crippen molar-refractivity contribution in [3.05, 3.63) is 17.1 Å². The Bertz CT molecular complexity index is 809. The first kappa shape index (κ1) is 19.4. The van der Waals surface area contributed by atoms with Gasteiger partial charge in [0.2, 0.25) is 5.92 Å². The molecule has 0 bridgehead atoms. The van der Waals surface area contributed by atoms with Crippen LogP contribution < -0.4 is 10.2 Å². The van der Waals surface area contributed by atoms with E-state index >= 15 is 0 Å². The van der Waals surface area contributed by atoms with E-state index in [1.165, 1.54) is 11.3 Å². The molecule has 1 saturated heterocycles. The van der Waals surface area contributed by atoms with Gasteiger partial charge < -0.3 is 15.1 Å². The highest BCUT2D eigenvalue weighted by Crippen LogP contribution is 2.34. The predicted molar refractivity (Wildman–Crippen MR) is 108 cm³/mol. The Morgan fingerprint density at radius 1 is 1.11 bits per heavy atom. The Labute approximate surface area is 168 Å². The van der Waals surface area contributed by atoms with Crippen molar-refractivity contribution in [2.24, 2.45) is 0 Å². The van der Waals surface area contributed by atoms with Gasteiger partial charge in [0.15, 0.2) is 10.8 Å². The Hall–Kier alpha value is -1.87. The summed E-state index contributed by atoms with van der Waals surface area (Å²) in [6.45, 7) is 5.72. The normalized spacial score (nSPS) is 21.1. The summed E-state index contributed by atoms with van der Waals surface area (Å²) in [4.78, 5) is 18.5. The van der Waals surface area contributed by atoms with E-state index in [0.717, 1.165) is 42.7 Å². The molecule has 1 N–H and O–H groups in total. The number of rotatable bonds is 4. The maximum atomic E-state index is 13.5. The Morgan fingerprint density at radius 2 is 1.82 bits per heavy atom. The lowest BCUT2D eigenvalue weighted by atomic mass is 9.92. The molecule has 1 saturated carbocycles. The third-order valence-corrected chi connectivity index (χ3v) is 6.38. The molecule has 0 unspecified atom stereocenters. The zero-order valence-corrected chi connectivity index (χ0v) is 17.1. The number of nitrogens with zero attached hydrogens (tertiary/aromatic N) is 5. The fourth-order valence-electron chi connectivity index (χ4n) is 3.65. The molecule has 0 aromatic carbocycles. The molecule has 2 aromatic heterocycles. The molecule has 1 aliphatic carbocycles. The largest absolute Gasteiger partial charge is 0.367 e. The van der Waals surface area contributed by atoms with Gasteiger partial charge in [-0.3, -0.25) is 0 Å². The second-order valence-corrected chi connectivity index (χ2v) is 8.65.